The molecule has 0 radical (unpaired) electrons. The van der Waals surface area contributed by atoms with Crippen LogP contribution >= 0.6 is 0 Å². The van der Waals surface area contributed by atoms with Gasteiger partial charge in [-0.05, 0) is 37.6 Å². The first-order valence-corrected chi connectivity index (χ1v) is 10.6. The van der Waals surface area contributed by atoms with Gasteiger partial charge in [-0.25, -0.2) is 14.6 Å². The Balaban J connectivity index is 1.82. The smallest absolute Gasteiger partial charge is 0.409 e. The van der Waals surface area contributed by atoms with Gasteiger partial charge in [-0.3, -0.25) is 4.79 Å². The number of anilines is 2. The zero-order valence-electron chi connectivity index (χ0n) is 17.9. The predicted molar refractivity (Wildman–Crippen MR) is 118 cm³/mol. The molecule has 9 nitrogen and oxygen atoms in total. The molecule has 1 fully saturated rings. The number of rotatable bonds is 7. The number of amides is 2. The first-order chi connectivity index (χ1) is 14.9. The first-order valence-electron chi connectivity index (χ1n) is 10.6. The number of fused-ring (bicyclic) bond motifs is 1. The van der Waals surface area contributed by atoms with Gasteiger partial charge in [0, 0.05) is 43.7 Å². The summed E-state index contributed by atoms with van der Waals surface area (Å²) < 4.78 is 5.04. The van der Waals surface area contributed by atoms with Crippen LogP contribution in [0.4, 0.5) is 16.3 Å². The van der Waals surface area contributed by atoms with Crippen molar-refractivity contribution < 1.29 is 24.2 Å². The summed E-state index contributed by atoms with van der Waals surface area (Å²) in [5.41, 5.74) is 1.21. The number of carbonyl (C=O) groups is 3. The maximum Gasteiger partial charge on any atom is 0.409 e. The van der Waals surface area contributed by atoms with Crippen LogP contribution in [0.5, 0.6) is 0 Å². The fraction of sp³-hybridized carbons (Fsp3) is 0.455. The summed E-state index contributed by atoms with van der Waals surface area (Å²) in [5.74, 6) is -0.608. The van der Waals surface area contributed by atoms with E-state index in [1.54, 1.807) is 36.1 Å². The van der Waals surface area contributed by atoms with E-state index in [1.165, 1.54) is 0 Å². The van der Waals surface area contributed by atoms with Crippen LogP contribution in [0.3, 0.4) is 0 Å². The SMILES string of the molecule is CCCCC(=O)Nc1ccc2nc(N3CCN(C(=O)OCC)CC3)cc(C(=O)O)c2c1. The topological polar surface area (TPSA) is 112 Å². The zero-order chi connectivity index (χ0) is 22.4. The van der Waals surface area contributed by atoms with Gasteiger partial charge in [0.1, 0.15) is 5.82 Å². The highest BCUT2D eigenvalue weighted by Gasteiger charge is 2.24. The summed E-state index contributed by atoms with van der Waals surface area (Å²) in [4.78, 5) is 44.1. The maximum absolute atomic E-state index is 12.0. The Labute approximate surface area is 181 Å². The Kier molecular flexibility index (Phi) is 7.28. The summed E-state index contributed by atoms with van der Waals surface area (Å²) in [6, 6.07) is 6.65. The molecule has 1 aromatic carbocycles. The van der Waals surface area contributed by atoms with Crippen LogP contribution in [0.25, 0.3) is 10.9 Å². The molecule has 0 atom stereocenters. The van der Waals surface area contributed by atoms with Crippen molar-refractivity contribution in [3.8, 4) is 0 Å². The van der Waals surface area contributed by atoms with Crippen LogP contribution < -0.4 is 10.2 Å². The van der Waals surface area contributed by atoms with Crippen molar-refractivity contribution in [2.75, 3.05) is 43.0 Å². The van der Waals surface area contributed by atoms with Crippen LogP contribution in [0.1, 0.15) is 43.5 Å². The molecule has 1 saturated heterocycles. The second-order valence-corrected chi connectivity index (χ2v) is 7.39. The van der Waals surface area contributed by atoms with Gasteiger partial charge in [-0.15, -0.1) is 0 Å². The number of carboxylic acids is 1. The lowest BCUT2D eigenvalue weighted by Gasteiger charge is -2.35. The molecular formula is C22H28N4O5. The summed E-state index contributed by atoms with van der Waals surface area (Å²) in [7, 11) is 0. The van der Waals surface area contributed by atoms with Crippen molar-refractivity contribution in [3.05, 3.63) is 29.8 Å². The number of ether oxygens (including phenoxy) is 1. The number of aromatic carboxylic acids is 1. The van der Waals surface area contributed by atoms with E-state index >= 15 is 0 Å². The average molecular weight is 428 g/mol. The van der Waals surface area contributed by atoms with Crippen LogP contribution in [-0.4, -0.2) is 65.7 Å². The minimum atomic E-state index is -1.06. The number of hydrogen-bond donors (Lipinski definition) is 2. The fourth-order valence-corrected chi connectivity index (χ4v) is 3.52. The molecule has 2 aromatic rings. The van der Waals surface area contributed by atoms with Crippen molar-refractivity contribution >= 4 is 40.4 Å². The van der Waals surface area contributed by atoms with Gasteiger partial charge in [-0.2, -0.15) is 0 Å². The van der Waals surface area contributed by atoms with E-state index in [2.05, 4.69) is 10.3 Å². The lowest BCUT2D eigenvalue weighted by atomic mass is 10.1. The normalized spacial score (nSPS) is 13.9. The number of carbonyl (C=O) groups excluding carboxylic acids is 2. The molecule has 3 rings (SSSR count). The van der Waals surface area contributed by atoms with E-state index in [0.717, 1.165) is 12.8 Å². The van der Waals surface area contributed by atoms with Gasteiger partial charge in [0.15, 0.2) is 0 Å². The largest absolute Gasteiger partial charge is 0.478 e. The molecule has 1 aliphatic heterocycles. The predicted octanol–water partition coefficient (Wildman–Crippen LogP) is 3.34. The number of carboxylic acid groups (broad SMARTS) is 1. The van der Waals surface area contributed by atoms with Crippen molar-refractivity contribution in [2.24, 2.45) is 0 Å². The fourth-order valence-electron chi connectivity index (χ4n) is 3.52. The van der Waals surface area contributed by atoms with Gasteiger partial charge < -0.3 is 25.0 Å². The van der Waals surface area contributed by atoms with E-state index < -0.39 is 5.97 Å². The number of aromatic nitrogens is 1. The Morgan fingerprint density at radius 3 is 2.52 bits per heavy atom. The van der Waals surface area contributed by atoms with E-state index in [1.807, 2.05) is 11.8 Å². The molecule has 0 spiro atoms. The lowest BCUT2D eigenvalue weighted by Crippen LogP contribution is -2.49. The van der Waals surface area contributed by atoms with E-state index in [-0.39, 0.29) is 17.6 Å². The van der Waals surface area contributed by atoms with Crippen LogP contribution in [0, 0.1) is 0 Å². The van der Waals surface area contributed by atoms with Crippen molar-refractivity contribution in [2.45, 2.75) is 33.1 Å². The Hall–Kier alpha value is -3.36. The zero-order valence-corrected chi connectivity index (χ0v) is 17.9. The minimum Gasteiger partial charge on any atom is -0.478 e. The number of pyridine rings is 1. The summed E-state index contributed by atoms with van der Waals surface area (Å²) >= 11 is 0. The molecule has 1 aliphatic rings. The first kappa shape index (κ1) is 22.3. The summed E-state index contributed by atoms with van der Waals surface area (Å²) in [6.45, 7) is 6.12. The molecule has 0 saturated carbocycles. The second-order valence-electron chi connectivity index (χ2n) is 7.39. The molecule has 31 heavy (non-hydrogen) atoms. The number of piperazine rings is 1. The van der Waals surface area contributed by atoms with Gasteiger partial charge in [0.2, 0.25) is 5.91 Å². The minimum absolute atomic E-state index is 0.0953. The molecular weight excluding hydrogens is 400 g/mol. The van der Waals surface area contributed by atoms with Crippen LogP contribution in [0.2, 0.25) is 0 Å². The molecule has 2 N–H and O–H groups in total. The third-order valence-corrected chi connectivity index (χ3v) is 5.20. The van der Waals surface area contributed by atoms with E-state index in [4.69, 9.17) is 4.74 Å². The highest BCUT2D eigenvalue weighted by Crippen LogP contribution is 2.27. The maximum atomic E-state index is 12.0. The highest BCUT2D eigenvalue weighted by molar-refractivity contribution is 6.05. The number of nitrogens with one attached hydrogen (secondary N) is 1. The van der Waals surface area contributed by atoms with Gasteiger partial charge in [-0.1, -0.05) is 13.3 Å². The van der Waals surface area contributed by atoms with Gasteiger partial charge >= 0.3 is 12.1 Å². The van der Waals surface area contributed by atoms with Crippen molar-refractivity contribution in [1.82, 2.24) is 9.88 Å². The summed E-state index contributed by atoms with van der Waals surface area (Å²) in [6.07, 6.45) is 1.81. The van der Waals surface area contributed by atoms with E-state index in [9.17, 15) is 19.5 Å². The Morgan fingerprint density at radius 2 is 1.87 bits per heavy atom. The van der Waals surface area contributed by atoms with Crippen molar-refractivity contribution in [3.63, 3.8) is 0 Å². The molecule has 9 heteroatoms. The van der Waals surface area contributed by atoms with E-state index in [0.29, 0.717) is 61.6 Å². The van der Waals surface area contributed by atoms with Gasteiger partial charge in [0.25, 0.3) is 0 Å². The third kappa shape index (κ3) is 5.42. The van der Waals surface area contributed by atoms with Crippen LogP contribution in [0.15, 0.2) is 24.3 Å². The summed E-state index contributed by atoms with van der Waals surface area (Å²) in [5, 5.41) is 13.1. The standard InChI is InChI=1S/C22H28N4O5/c1-3-5-6-20(27)23-15-7-8-18-16(13-15)17(21(28)29)14-19(24-18)25-9-11-26(12-10-25)22(30)31-4-2/h7-8,13-14H,3-6,9-12H2,1-2H3,(H,23,27)(H,28,29). The monoisotopic (exact) mass is 428 g/mol. The Bertz CT molecular complexity index is 970. The quantitative estimate of drug-likeness (QED) is 0.695. The number of hydrogen-bond acceptors (Lipinski definition) is 6. The number of benzene rings is 1. The number of nitrogens with zero attached hydrogens (tertiary/aromatic N) is 3. The average Bonchev–Trinajstić information content (AvgIpc) is 2.77. The highest BCUT2D eigenvalue weighted by atomic mass is 16.6. The molecule has 1 aromatic heterocycles. The molecule has 2 amide bonds. The number of unbranched alkanes of at least 4 members (excludes halogenated alkanes) is 1. The van der Waals surface area contributed by atoms with Crippen LogP contribution in [-0.2, 0) is 9.53 Å². The second kappa shape index (κ2) is 10.1. The van der Waals surface area contributed by atoms with Crippen molar-refractivity contribution in [1.29, 1.82) is 0 Å². The molecule has 0 aliphatic carbocycles. The third-order valence-electron chi connectivity index (χ3n) is 5.20. The Morgan fingerprint density at radius 1 is 1.13 bits per heavy atom. The lowest BCUT2D eigenvalue weighted by molar-refractivity contribution is -0.116. The molecule has 0 unspecified atom stereocenters. The molecule has 166 valence electrons. The molecule has 0 bridgehead atoms. The van der Waals surface area contributed by atoms with Gasteiger partial charge in [0.05, 0.1) is 17.7 Å². The molecule has 2 heterocycles.